The van der Waals surface area contributed by atoms with Crippen LogP contribution < -0.4 is 5.32 Å². The smallest absolute Gasteiger partial charge is 0.312 e. The standard InChI is InChI=1S/C25H22N2O4/c1-17(30-23(28)16-21-20-14-8-9-15-22(20)31-27-21)25(29)26-24(18-10-4-2-5-11-18)19-12-6-3-7-13-19/h2-15,17,24H,16H2,1H3,(H,26,29)/t17-/m1/s1. The monoisotopic (exact) mass is 414 g/mol. The van der Waals surface area contributed by atoms with Crippen LogP contribution in [0.25, 0.3) is 11.0 Å². The van der Waals surface area contributed by atoms with Crippen LogP contribution >= 0.6 is 0 Å². The molecule has 4 aromatic rings. The third kappa shape index (κ3) is 4.80. The van der Waals surface area contributed by atoms with Crippen molar-refractivity contribution >= 4 is 22.8 Å². The average Bonchev–Trinajstić information content (AvgIpc) is 3.21. The van der Waals surface area contributed by atoms with Crippen LogP contribution in [0.3, 0.4) is 0 Å². The first-order valence-corrected chi connectivity index (χ1v) is 10.0. The largest absolute Gasteiger partial charge is 0.452 e. The fraction of sp³-hybridized carbons (Fsp3) is 0.160. The van der Waals surface area contributed by atoms with Gasteiger partial charge in [-0.2, -0.15) is 0 Å². The van der Waals surface area contributed by atoms with E-state index in [1.165, 1.54) is 0 Å². The lowest BCUT2D eigenvalue weighted by atomic mass is 9.98. The Hall–Kier alpha value is -3.93. The van der Waals surface area contributed by atoms with Crippen LogP contribution in [0.15, 0.2) is 89.5 Å². The van der Waals surface area contributed by atoms with Gasteiger partial charge in [0.25, 0.3) is 5.91 Å². The summed E-state index contributed by atoms with van der Waals surface area (Å²) in [4.78, 5) is 25.2. The van der Waals surface area contributed by atoms with Crippen LogP contribution in [0.4, 0.5) is 0 Å². The van der Waals surface area contributed by atoms with Gasteiger partial charge in [-0.1, -0.05) is 78.0 Å². The number of rotatable bonds is 7. The Morgan fingerprint density at radius 3 is 2.13 bits per heavy atom. The summed E-state index contributed by atoms with van der Waals surface area (Å²) in [5, 5.41) is 7.69. The molecule has 156 valence electrons. The summed E-state index contributed by atoms with van der Waals surface area (Å²) < 4.78 is 10.6. The number of esters is 1. The van der Waals surface area contributed by atoms with Gasteiger partial charge in [-0.25, -0.2) is 0 Å². The second kappa shape index (κ2) is 9.26. The van der Waals surface area contributed by atoms with Crippen molar-refractivity contribution in [3.8, 4) is 0 Å². The van der Waals surface area contributed by atoms with Gasteiger partial charge in [0.05, 0.1) is 12.5 Å². The number of para-hydroxylation sites is 1. The van der Waals surface area contributed by atoms with E-state index < -0.39 is 12.1 Å². The molecule has 0 radical (unpaired) electrons. The number of fused-ring (bicyclic) bond motifs is 1. The maximum Gasteiger partial charge on any atom is 0.312 e. The Morgan fingerprint density at radius 2 is 1.48 bits per heavy atom. The zero-order chi connectivity index (χ0) is 21.6. The number of hydrogen-bond donors (Lipinski definition) is 1. The minimum atomic E-state index is -0.958. The molecule has 1 N–H and O–H groups in total. The summed E-state index contributed by atoms with van der Waals surface area (Å²) in [6.45, 7) is 1.56. The molecule has 1 heterocycles. The van der Waals surface area contributed by atoms with Crippen LogP contribution in [0.1, 0.15) is 29.8 Å². The lowest BCUT2D eigenvalue weighted by molar-refractivity contribution is -0.154. The highest BCUT2D eigenvalue weighted by Gasteiger charge is 2.24. The zero-order valence-corrected chi connectivity index (χ0v) is 17.0. The molecule has 1 atom stereocenters. The predicted octanol–water partition coefficient (Wildman–Crippen LogP) is 4.21. The number of aromatic nitrogens is 1. The minimum absolute atomic E-state index is 0.0740. The van der Waals surface area contributed by atoms with Crippen LogP contribution in [-0.2, 0) is 20.7 Å². The van der Waals surface area contributed by atoms with Crippen molar-refractivity contribution in [3.05, 3.63) is 102 Å². The molecule has 0 saturated heterocycles. The van der Waals surface area contributed by atoms with Gasteiger partial charge in [0.2, 0.25) is 0 Å². The van der Waals surface area contributed by atoms with E-state index >= 15 is 0 Å². The Morgan fingerprint density at radius 1 is 0.903 bits per heavy atom. The van der Waals surface area contributed by atoms with Gasteiger partial charge < -0.3 is 14.6 Å². The summed E-state index contributed by atoms with van der Waals surface area (Å²) in [6.07, 6.45) is -1.03. The third-order valence-corrected chi connectivity index (χ3v) is 4.99. The number of benzene rings is 3. The van der Waals surface area contributed by atoms with Crippen LogP contribution in [0.2, 0.25) is 0 Å². The molecule has 0 fully saturated rings. The van der Waals surface area contributed by atoms with Crippen molar-refractivity contribution in [2.24, 2.45) is 0 Å². The zero-order valence-electron chi connectivity index (χ0n) is 17.0. The highest BCUT2D eigenvalue weighted by molar-refractivity contribution is 5.87. The number of carbonyl (C=O) groups is 2. The van der Waals surface area contributed by atoms with Gasteiger partial charge in [-0.05, 0) is 30.2 Å². The van der Waals surface area contributed by atoms with Gasteiger partial charge in [-0.3, -0.25) is 9.59 Å². The second-order valence-electron chi connectivity index (χ2n) is 7.20. The Bertz CT molecular complexity index is 1130. The highest BCUT2D eigenvalue weighted by Crippen LogP contribution is 2.22. The van der Waals surface area contributed by atoms with E-state index in [1.54, 1.807) is 13.0 Å². The molecule has 0 unspecified atom stereocenters. The number of nitrogens with zero attached hydrogens (tertiary/aromatic N) is 1. The molecule has 6 heteroatoms. The van der Waals surface area contributed by atoms with Gasteiger partial charge in [0.15, 0.2) is 11.7 Å². The number of hydrogen-bond acceptors (Lipinski definition) is 5. The molecule has 0 aliphatic heterocycles. The van der Waals surface area contributed by atoms with E-state index in [9.17, 15) is 9.59 Å². The lowest BCUT2D eigenvalue weighted by Gasteiger charge is -2.22. The number of carbonyl (C=O) groups excluding carboxylic acids is 2. The number of ether oxygens (including phenoxy) is 1. The number of amides is 1. The SMILES string of the molecule is C[C@@H](OC(=O)Cc1noc2ccccc12)C(=O)NC(c1ccccc1)c1ccccc1. The van der Waals surface area contributed by atoms with Crippen LogP contribution in [-0.4, -0.2) is 23.1 Å². The molecule has 0 spiro atoms. The summed E-state index contributed by atoms with van der Waals surface area (Å²) in [5.41, 5.74) is 2.97. The molecule has 1 amide bonds. The Balaban J connectivity index is 1.43. The van der Waals surface area contributed by atoms with Gasteiger partial charge in [0, 0.05) is 5.39 Å². The highest BCUT2D eigenvalue weighted by atomic mass is 16.5. The summed E-state index contributed by atoms with van der Waals surface area (Å²) in [7, 11) is 0. The molecule has 1 aromatic heterocycles. The van der Waals surface area contributed by atoms with E-state index in [0.29, 0.717) is 11.3 Å². The van der Waals surface area contributed by atoms with E-state index in [2.05, 4.69) is 10.5 Å². The molecule has 3 aromatic carbocycles. The molecule has 6 nitrogen and oxygen atoms in total. The maximum absolute atomic E-state index is 12.8. The molecule has 31 heavy (non-hydrogen) atoms. The number of nitrogens with one attached hydrogen (secondary N) is 1. The Kier molecular flexibility index (Phi) is 6.08. The minimum Gasteiger partial charge on any atom is -0.452 e. The maximum atomic E-state index is 12.8. The van der Waals surface area contributed by atoms with Crippen molar-refractivity contribution in [1.29, 1.82) is 0 Å². The molecule has 4 rings (SSSR count). The topological polar surface area (TPSA) is 81.4 Å². The molecule has 0 saturated carbocycles. The van der Waals surface area contributed by atoms with Crippen LogP contribution in [0, 0.1) is 0 Å². The molecular formula is C25H22N2O4. The first-order chi connectivity index (χ1) is 15.1. The van der Waals surface area contributed by atoms with Crippen molar-refractivity contribution in [2.45, 2.75) is 25.5 Å². The average molecular weight is 414 g/mol. The van der Waals surface area contributed by atoms with Gasteiger partial charge >= 0.3 is 5.97 Å². The first-order valence-electron chi connectivity index (χ1n) is 10.0. The summed E-state index contributed by atoms with van der Waals surface area (Å²) >= 11 is 0. The quantitative estimate of drug-likeness (QED) is 0.458. The fourth-order valence-corrected chi connectivity index (χ4v) is 3.40. The molecular weight excluding hydrogens is 392 g/mol. The molecule has 0 aliphatic rings. The lowest BCUT2D eigenvalue weighted by Crippen LogP contribution is -2.38. The third-order valence-electron chi connectivity index (χ3n) is 4.99. The van der Waals surface area contributed by atoms with Crippen molar-refractivity contribution in [3.63, 3.8) is 0 Å². The summed E-state index contributed by atoms with van der Waals surface area (Å²) in [6, 6.07) is 26.2. The normalized spacial score (nSPS) is 11.9. The Labute approximate surface area is 179 Å². The van der Waals surface area contributed by atoms with Crippen molar-refractivity contribution < 1.29 is 18.8 Å². The molecule has 0 bridgehead atoms. The first kappa shape index (κ1) is 20.3. The van der Waals surface area contributed by atoms with E-state index in [0.717, 1.165) is 16.5 Å². The summed E-state index contributed by atoms with van der Waals surface area (Å²) in [5.74, 6) is -0.922. The molecule has 0 aliphatic carbocycles. The van der Waals surface area contributed by atoms with Crippen molar-refractivity contribution in [2.75, 3.05) is 0 Å². The van der Waals surface area contributed by atoms with Gasteiger partial charge in [0.1, 0.15) is 5.69 Å². The fourth-order valence-electron chi connectivity index (χ4n) is 3.40. The van der Waals surface area contributed by atoms with Crippen molar-refractivity contribution in [1.82, 2.24) is 10.5 Å². The van der Waals surface area contributed by atoms with E-state index in [-0.39, 0.29) is 18.4 Å². The van der Waals surface area contributed by atoms with Crippen LogP contribution in [0.5, 0.6) is 0 Å². The predicted molar refractivity (Wildman–Crippen MR) is 116 cm³/mol. The van der Waals surface area contributed by atoms with Gasteiger partial charge in [-0.15, -0.1) is 0 Å². The van der Waals surface area contributed by atoms with E-state index in [4.69, 9.17) is 9.26 Å². The second-order valence-corrected chi connectivity index (χ2v) is 7.20. The van der Waals surface area contributed by atoms with E-state index in [1.807, 2.05) is 78.9 Å².